The van der Waals surface area contributed by atoms with Gasteiger partial charge in [-0.15, -0.1) is 0 Å². The van der Waals surface area contributed by atoms with Crippen LogP contribution in [0.2, 0.25) is 0 Å². The molecule has 8 heavy (non-hydrogen) atoms. The maximum Gasteiger partial charge on any atom is 0.160 e. The zero-order valence-corrected chi connectivity index (χ0v) is 4.68. The predicted octanol–water partition coefficient (Wildman–Crippen LogP) is 1.47. The van der Waals surface area contributed by atoms with Gasteiger partial charge in [0.25, 0.3) is 0 Å². The summed E-state index contributed by atoms with van der Waals surface area (Å²) in [6.45, 7) is 3.63. The lowest BCUT2D eigenvalue weighted by Gasteiger charge is -1.90. The van der Waals surface area contributed by atoms with Crippen LogP contribution in [0.25, 0.3) is 0 Å². The summed E-state index contributed by atoms with van der Waals surface area (Å²) in [5.74, 6) is 0.699. The van der Waals surface area contributed by atoms with Gasteiger partial charge in [-0.2, -0.15) is 0 Å². The van der Waals surface area contributed by atoms with Crippen LogP contribution in [-0.4, -0.2) is 7.11 Å². The molecule has 1 rings (SSSR count). The molecule has 0 bridgehead atoms. The third kappa shape index (κ3) is 0.689. The highest BCUT2D eigenvalue weighted by Gasteiger charge is 1.95. The van der Waals surface area contributed by atoms with Gasteiger partial charge in [0.2, 0.25) is 0 Å². The van der Waals surface area contributed by atoms with Gasteiger partial charge >= 0.3 is 0 Å². The summed E-state index contributed by atoms with van der Waals surface area (Å²) in [7, 11) is 1.58. The topological polar surface area (TPSA) is 22.4 Å². The van der Waals surface area contributed by atoms with Crippen LogP contribution in [0.15, 0.2) is 16.9 Å². The van der Waals surface area contributed by atoms with Crippen LogP contribution in [0.4, 0.5) is 0 Å². The molecule has 0 saturated carbocycles. The Morgan fingerprint density at radius 3 is 2.62 bits per heavy atom. The minimum Gasteiger partial charge on any atom is -0.493 e. The normalized spacial score (nSPS) is 9.25. The van der Waals surface area contributed by atoms with E-state index in [1.54, 1.807) is 13.4 Å². The summed E-state index contributed by atoms with van der Waals surface area (Å²) in [6.07, 6.45) is 3.06. The molecular formula is C6H7O2. The predicted molar refractivity (Wildman–Crippen MR) is 29.7 cm³/mol. The van der Waals surface area contributed by atoms with Gasteiger partial charge in [0.15, 0.2) is 5.75 Å². The third-order valence-electron chi connectivity index (χ3n) is 0.922. The van der Waals surface area contributed by atoms with Gasteiger partial charge in [-0.3, -0.25) is 0 Å². The molecule has 1 aromatic heterocycles. The maximum atomic E-state index is 4.83. The Morgan fingerprint density at radius 1 is 1.62 bits per heavy atom. The van der Waals surface area contributed by atoms with E-state index in [-0.39, 0.29) is 0 Å². The SMILES string of the molecule is [CH2]c1cocc1OC. The minimum absolute atomic E-state index is 0.699. The van der Waals surface area contributed by atoms with Crippen molar-refractivity contribution in [2.75, 3.05) is 7.11 Å². The molecule has 2 nitrogen and oxygen atoms in total. The fourth-order valence-electron chi connectivity index (χ4n) is 0.491. The monoisotopic (exact) mass is 111 g/mol. The molecule has 0 spiro atoms. The van der Waals surface area contributed by atoms with Gasteiger partial charge < -0.3 is 9.15 Å². The molecule has 0 aliphatic heterocycles. The van der Waals surface area contributed by atoms with Gasteiger partial charge in [-0.25, -0.2) is 0 Å². The second-order valence-electron chi connectivity index (χ2n) is 1.47. The smallest absolute Gasteiger partial charge is 0.160 e. The van der Waals surface area contributed by atoms with Crippen molar-refractivity contribution in [2.24, 2.45) is 0 Å². The fourth-order valence-corrected chi connectivity index (χ4v) is 0.491. The van der Waals surface area contributed by atoms with E-state index in [0.717, 1.165) is 5.56 Å². The number of hydrogen-bond donors (Lipinski definition) is 0. The molecule has 0 fully saturated rings. The van der Waals surface area contributed by atoms with Crippen molar-refractivity contribution in [2.45, 2.75) is 0 Å². The molecular weight excluding hydrogens is 104 g/mol. The van der Waals surface area contributed by atoms with E-state index in [1.807, 2.05) is 0 Å². The quantitative estimate of drug-likeness (QED) is 0.547. The van der Waals surface area contributed by atoms with E-state index in [9.17, 15) is 0 Å². The molecule has 0 atom stereocenters. The summed E-state index contributed by atoms with van der Waals surface area (Å²) in [5.41, 5.74) is 0.785. The Bertz CT molecular complexity index is 167. The average Bonchev–Trinajstić information content (AvgIpc) is 2.14. The van der Waals surface area contributed by atoms with Crippen LogP contribution in [0.5, 0.6) is 5.75 Å². The highest BCUT2D eigenvalue weighted by atomic mass is 16.5. The van der Waals surface area contributed by atoms with E-state index in [0.29, 0.717) is 5.75 Å². The maximum absolute atomic E-state index is 4.83. The molecule has 1 aromatic rings. The molecule has 0 aromatic carbocycles. The van der Waals surface area contributed by atoms with Crippen LogP contribution >= 0.6 is 0 Å². The molecule has 1 heterocycles. The summed E-state index contributed by atoms with van der Waals surface area (Å²) in [5, 5.41) is 0. The summed E-state index contributed by atoms with van der Waals surface area (Å²) in [6, 6.07) is 0. The highest BCUT2D eigenvalue weighted by molar-refractivity contribution is 5.29. The van der Waals surface area contributed by atoms with Crippen molar-refractivity contribution < 1.29 is 9.15 Å². The van der Waals surface area contributed by atoms with Gasteiger partial charge in [-0.05, 0) is 6.92 Å². The second kappa shape index (κ2) is 1.90. The Balaban J connectivity index is 2.92. The minimum atomic E-state index is 0.699. The zero-order chi connectivity index (χ0) is 5.98. The van der Waals surface area contributed by atoms with Crippen LogP contribution in [0.3, 0.4) is 0 Å². The van der Waals surface area contributed by atoms with E-state index < -0.39 is 0 Å². The second-order valence-corrected chi connectivity index (χ2v) is 1.47. The Labute approximate surface area is 48.1 Å². The molecule has 0 unspecified atom stereocenters. The Hall–Kier alpha value is -0.920. The number of hydrogen-bond acceptors (Lipinski definition) is 2. The highest BCUT2D eigenvalue weighted by Crippen LogP contribution is 2.16. The van der Waals surface area contributed by atoms with Crippen LogP contribution in [0.1, 0.15) is 5.56 Å². The van der Waals surface area contributed by atoms with Crippen LogP contribution in [-0.2, 0) is 0 Å². The molecule has 2 heteroatoms. The van der Waals surface area contributed by atoms with Gasteiger partial charge in [-0.1, -0.05) is 0 Å². The first-order valence-corrected chi connectivity index (χ1v) is 2.26. The number of furan rings is 1. The summed E-state index contributed by atoms with van der Waals surface area (Å²) in [4.78, 5) is 0. The van der Waals surface area contributed by atoms with E-state index in [1.165, 1.54) is 6.26 Å². The van der Waals surface area contributed by atoms with E-state index in [2.05, 4.69) is 6.92 Å². The van der Waals surface area contributed by atoms with Crippen molar-refractivity contribution in [3.8, 4) is 5.75 Å². The number of ether oxygens (including phenoxy) is 1. The van der Waals surface area contributed by atoms with Crippen molar-refractivity contribution in [1.29, 1.82) is 0 Å². The van der Waals surface area contributed by atoms with Gasteiger partial charge in [0.05, 0.1) is 13.4 Å². The van der Waals surface area contributed by atoms with Gasteiger partial charge in [0.1, 0.15) is 6.26 Å². The number of rotatable bonds is 1. The average molecular weight is 111 g/mol. The molecule has 1 radical (unpaired) electrons. The Kier molecular flexibility index (Phi) is 1.24. The lowest BCUT2D eigenvalue weighted by Crippen LogP contribution is -1.79. The van der Waals surface area contributed by atoms with Gasteiger partial charge in [0, 0.05) is 5.56 Å². The van der Waals surface area contributed by atoms with Crippen molar-refractivity contribution in [3.05, 3.63) is 25.0 Å². The molecule has 0 saturated heterocycles. The summed E-state index contributed by atoms with van der Waals surface area (Å²) >= 11 is 0. The van der Waals surface area contributed by atoms with Crippen LogP contribution in [0, 0.1) is 6.92 Å². The lowest BCUT2D eigenvalue weighted by atomic mass is 10.4. The molecule has 0 aliphatic rings. The molecule has 43 valence electrons. The van der Waals surface area contributed by atoms with E-state index in [4.69, 9.17) is 9.15 Å². The number of methoxy groups -OCH3 is 1. The van der Waals surface area contributed by atoms with Crippen LogP contribution < -0.4 is 4.74 Å². The Morgan fingerprint density at radius 2 is 2.38 bits per heavy atom. The third-order valence-corrected chi connectivity index (χ3v) is 0.922. The fraction of sp³-hybridized carbons (Fsp3) is 0.167. The molecule has 0 N–H and O–H groups in total. The molecule has 0 aliphatic carbocycles. The van der Waals surface area contributed by atoms with E-state index >= 15 is 0 Å². The first kappa shape index (κ1) is 5.22. The first-order valence-electron chi connectivity index (χ1n) is 2.26. The zero-order valence-electron chi connectivity index (χ0n) is 4.68. The largest absolute Gasteiger partial charge is 0.493 e. The molecule has 0 amide bonds. The lowest BCUT2D eigenvalue weighted by molar-refractivity contribution is 0.405. The first-order chi connectivity index (χ1) is 3.84. The van der Waals surface area contributed by atoms with Crippen molar-refractivity contribution in [1.82, 2.24) is 0 Å². The van der Waals surface area contributed by atoms with Crippen molar-refractivity contribution >= 4 is 0 Å². The standard InChI is InChI=1S/C6H7O2/c1-5-3-8-4-6(5)7-2/h3-4H,1H2,2H3. The summed E-state index contributed by atoms with van der Waals surface area (Å²) < 4.78 is 9.58. The van der Waals surface area contributed by atoms with Crippen molar-refractivity contribution in [3.63, 3.8) is 0 Å².